The van der Waals surface area contributed by atoms with E-state index in [0.717, 1.165) is 0 Å². The third kappa shape index (κ3) is 1.47. The Morgan fingerprint density at radius 1 is 1.67 bits per heavy atom. The third-order valence-corrected chi connectivity index (χ3v) is 2.60. The van der Waals surface area contributed by atoms with Gasteiger partial charge < -0.3 is 10.1 Å². The van der Waals surface area contributed by atoms with Gasteiger partial charge in [0.1, 0.15) is 11.1 Å². The number of carboxylic acids is 1. The van der Waals surface area contributed by atoms with Crippen molar-refractivity contribution in [1.82, 2.24) is 9.97 Å². The fourth-order valence-electron chi connectivity index (χ4n) is 1.60. The average molecular weight is 225 g/mol. The van der Waals surface area contributed by atoms with Crippen molar-refractivity contribution in [3.63, 3.8) is 0 Å². The van der Waals surface area contributed by atoms with Gasteiger partial charge in [-0.05, 0) is 12.5 Å². The first kappa shape index (κ1) is 9.98. The minimum atomic E-state index is -0.979. The number of nitrogens with zero attached hydrogens (tertiary/aromatic N) is 1. The summed E-state index contributed by atoms with van der Waals surface area (Å²) in [5.41, 5.74) is 1.88. The summed E-state index contributed by atoms with van der Waals surface area (Å²) in [7, 11) is 0. The number of aromatic amines is 1. The second-order valence-corrected chi connectivity index (χ2v) is 3.56. The van der Waals surface area contributed by atoms with Gasteiger partial charge in [-0.25, -0.2) is 4.79 Å². The van der Waals surface area contributed by atoms with Crippen molar-refractivity contribution in [2.24, 2.45) is 0 Å². The van der Waals surface area contributed by atoms with Gasteiger partial charge in [0, 0.05) is 11.9 Å². The van der Waals surface area contributed by atoms with Crippen LogP contribution in [0.4, 0.5) is 0 Å². The van der Waals surface area contributed by atoms with E-state index in [4.69, 9.17) is 16.7 Å². The van der Waals surface area contributed by atoms with Gasteiger partial charge >= 0.3 is 5.97 Å². The number of aromatic carboxylic acids is 1. The van der Waals surface area contributed by atoms with Crippen LogP contribution < -0.4 is 0 Å². The van der Waals surface area contributed by atoms with Crippen molar-refractivity contribution >= 4 is 28.6 Å². The molecule has 2 rings (SSSR count). The molecular formula is C10H9ClN2O2. The molecule has 0 aliphatic heterocycles. The highest BCUT2D eigenvalue weighted by atomic mass is 35.5. The first-order chi connectivity index (χ1) is 7.15. The molecule has 2 N–H and O–H groups in total. The normalized spacial score (nSPS) is 10.8. The topological polar surface area (TPSA) is 66.0 Å². The Bertz CT molecular complexity index is 533. The molecule has 0 fully saturated rings. The first-order valence-electron chi connectivity index (χ1n) is 4.53. The molecule has 2 heterocycles. The molecule has 0 aromatic carbocycles. The van der Waals surface area contributed by atoms with E-state index in [1.54, 1.807) is 6.07 Å². The number of carbonyl (C=O) groups is 1. The third-order valence-electron chi connectivity index (χ3n) is 2.28. The number of carboxylic acid groups (broad SMARTS) is 1. The lowest BCUT2D eigenvalue weighted by Crippen LogP contribution is -1.99. The van der Waals surface area contributed by atoms with E-state index in [1.165, 1.54) is 6.20 Å². The molecule has 0 radical (unpaired) electrons. The molecule has 0 saturated carbocycles. The smallest absolute Gasteiger partial charge is 0.339 e. The molecule has 2 aromatic rings. The van der Waals surface area contributed by atoms with Crippen molar-refractivity contribution in [3.05, 3.63) is 28.5 Å². The van der Waals surface area contributed by atoms with Crippen LogP contribution in [0, 0.1) is 0 Å². The molecule has 0 bridgehead atoms. The van der Waals surface area contributed by atoms with Crippen LogP contribution >= 0.6 is 11.6 Å². The summed E-state index contributed by atoms with van der Waals surface area (Å²) in [6.07, 6.45) is 2.11. The largest absolute Gasteiger partial charge is 0.478 e. The molecule has 0 spiro atoms. The molecule has 4 nitrogen and oxygen atoms in total. The fraction of sp³-hybridized carbons (Fsp3) is 0.200. The maximum absolute atomic E-state index is 11.1. The Balaban J connectivity index is 2.86. The van der Waals surface area contributed by atoms with Gasteiger partial charge in [0.2, 0.25) is 0 Å². The van der Waals surface area contributed by atoms with E-state index in [2.05, 4.69) is 9.97 Å². The number of pyridine rings is 1. The zero-order valence-electron chi connectivity index (χ0n) is 8.04. The van der Waals surface area contributed by atoms with Crippen LogP contribution in [0.2, 0.25) is 5.02 Å². The summed E-state index contributed by atoms with van der Waals surface area (Å²) >= 11 is 5.94. The summed E-state index contributed by atoms with van der Waals surface area (Å²) in [4.78, 5) is 18.1. The Labute approximate surface area is 90.9 Å². The van der Waals surface area contributed by atoms with Crippen LogP contribution in [0.3, 0.4) is 0 Å². The van der Waals surface area contributed by atoms with Crippen molar-refractivity contribution in [3.8, 4) is 0 Å². The van der Waals surface area contributed by atoms with Crippen LogP contribution in [0.1, 0.15) is 23.0 Å². The predicted molar refractivity (Wildman–Crippen MR) is 57.4 cm³/mol. The van der Waals surface area contributed by atoms with Crippen molar-refractivity contribution in [2.75, 3.05) is 0 Å². The standard InChI is InChI=1S/C10H9ClN2O2/c1-2-6-7(10(14)15)9-8(13-6)5(11)3-4-12-9/h3-4,13H,2H2,1H3,(H,14,15). The molecule has 0 unspecified atom stereocenters. The van der Waals surface area contributed by atoms with E-state index in [1.807, 2.05) is 6.92 Å². The number of H-pyrrole nitrogens is 1. The predicted octanol–water partition coefficient (Wildman–Crippen LogP) is 2.48. The van der Waals surface area contributed by atoms with E-state index in [0.29, 0.717) is 28.2 Å². The zero-order valence-corrected chi connectivity index (χ0v) is 8.80. The highest BCUT2D eigenvalue weighted by Crippen LogP contribution is 2.26. The maximum atomic E-state index is 11.1. The number of fused-ring (bicyclic) bond motifs is 1. The Kier molecular flexibility index (Phi) is 2.36. The van der Waals surface area contributed by atoms with Crippen molar-refractivity contribution < 1.29 is 9.90 Å². The molecule has 0 saturated heterocycles. The van der Waals surface area contributed by atoms with E-state index >= 15 is 0 Å². The second kappa shape index (κ2) is 3.55. The van der Waals surface area contributed by atoms with E-state index < -0.39 is 5.97 Å². The van der Waals surface area contributed by atoms with Crippen LogP contribution in [0.5, 0.6) is 0 Å². The molecule has 5 heteroatoms. The fourth-order valence-corrected chi connectivity index (χ4v) is 1.79. The number of aromatic nitrogens is 2. The molecule has 15 heavy (non-hydrogen) atoms. The summed E-state index contributed by atoms with van der Waals surface area (Å²) in [6.45, 7) is 1.88. The molecule has 0 aliphatic rings. The van der Waals surface area contributed by atoms with Crippen LogP contribution in [-0.4, -0.2) is 21.0 Å². The quantitative estimate of drug-likeness (QED) is 0.824. The Morgan fingerprint density at radius 3 is 3.00 bits per heavy atom. The molecule has 0 atom stereocenters. The number of nitrogens with one attached hydrogen (secondary N) is 1. The van der Waals surface area contributed by atoms with Gasteiger partial charge in [0.15, 0.2) is 0 Å². The summed E-state index contributed by atoms with van der Waals surface area (Å²) in [5.74, 6) is -0.979. The minimum Gasteiger partial charge on any atom is -0.478 e. The van der Waals surface area contributed by atoms with E-state index in [-0.39, 0.29) is 5.56 Å². The van der Waals surface area contributed by atoms with Crippen LogP contribution in [0.15, 0.2) is 12.3 Å². The monoisotopic (exact) mass is 224 g/mol. The number of hydrogen-bond donors (Lipinski definition) is 2. The van der Waals surface area contributed by atoms with E-state index in [9.17, 15) is 4.79 Å². The highest BCUT2D eigenvalue weighted by molar-refractivity contribution is 6.35. The minimum absolute atomic E-state index is 0.218. The van der Waals surface area contributed by atoms with Gasteiger partial charge in [-0.3, -0.25) is 4.98 Å². The lowest BCUT2D eigenvalue weighted by molar-refractivity contribution is 0.0697. The first-order valence-corrected chi connectivity index (χ1v) is 4.91. The van der Waals surface area contributed by atoms with Gasteiger partial charge in [0.25, 0.3) is 0 Å². The van der Waals surface area contributed by atoms with Crippen molar-refractivity contribution in [2.45, 2.75) is 13.3 Å². The maximum Gasteiger partial charge on any atom is 0.339 e. The zero-order chi connectivity index (χ0) is 11.0. The second-order valence-electron chi connectivity index (χ2n) is 3.15. The highest BCUT2D eigenvalue weighted by Gasteiger charge is 2.18. The molecule has 78 valence electrons. The number of halogens is 1. The number of aryl methyl sites for hydroxylation is 1. The SMILES string of the molecule is CCc1[nH]c2c(Cl)ccnc2c1C(=O)O. The molecular weight excluding hydrogens is 216 g/mol. The summed E-state index contributed by atoms with van der Waals surface area (Å²) in [6, 6.07) is 1.63. The van der Waals surface area contributed by atoms with Gasteiger partial charge in [-0.15, -0.1) is 0 Å². The Morgan fingerprint density at radius 2 is 2.40 bits per heavy atom. The lowest BCUT2D eigenvalue weighted by Gasteiger charge is -1.94. The van der Waals surface area contributed by atoms with Gasteiger partial charge in [-0.2, -0.15) is 0 Å². The van der Waals surface area contributed by atoms with Gasteiger partial charge in [0.05, 0.1) is 10.5 Å². The Hall–Kier alpha value is -1.55. The molecule has 0 amide bonds. The summed E-state index contributed by atoms with van der Waals surface area (Å²) < 4.78 is 0. The lowest BCUT2D eigenvalue weighted by atomic mass is 10.2. The molecule has 2 aromatic heterocycles. The molecule has 0 aliphatic carbocycles. The number of rotatable bonds is 2. The van der Waals surface area contributed by atoms with Crippen LogP contribution in [-0.2, 0) is 6.42 Å². The summed E-state index contributed by atoms with van der Waals surface area (Å²) in [5, 5.41) is 9.56. The van der Waals surface area contributed by atoms with Crippen LogP contribution in [0.25, 0.3) is 11.0 Å². The average Bonchev–Trinajstić information content (AvgIpc) is 2.57. The van der Waals surface area contributed by atoms with Crippen molar-refractivity contribution in [1.29, 1.82) is 0 Å². The number of hydrogen-bond acceptors (Lipinski definition) is 2. The van der Waals surface area contributed by atoms with Gasteiger partial charge in [-0.1, -0.05) is 18.5 Å².